The first-order chi connectivity index (χ1) is 24.0. The maximum absolute atomic E-state index is 13.1. The van der Waals surface area contributed by atoms with Gasteiger partial charge in [0, 0.05) is 11.1 Å². The molecule has 4 aromatic rings. The molecular weight excluding hydrogens is 692 g/mol. The summed E-state index contributed by atoms with van der Waals surface area (Å²) in [5.41, 5.74) is -0.191. The Morgan fingerprint density at radius 3 is 0.981 bits per heavy atom. The quantitative estimate of drug-likeness (QED) is 0.0829. The first kappa shape index (κ1) is 39.4. The van der Waals surface area contributed by atoms with Crippen molar-refractivity contribution in [2.24, 2.45) is 0 Å². The van der Waals surface area contributed by atoms with Gasteiger partial charge in [-0.05, 0) is 133 Å². The van der Waals surface area contributed by atoms with Crippen LogP contribution < -0.4 is 14.2 Å². The Hall–Kier alpha value is -5.40. The third-order valence-corrected chi connectivity index (χ3v) is 7.59. The maximum Gasteiger partial charge on any atom is 0.514 e. The van der Waals surface area contributed by atoms with E-state index in [0.29, 0.717) is 22.3 Å². The lowest BCUT2D eigenvalue weighted by atomic mass is 9.93. The number of hydrogen-bond donors (Lipinski definition) is 1. The monoisotopic (exact) mass is 734 g/mol. The van der Waals surface area contributed by atoms with Gasteiger partial charge in [-0.25, -0.2) is 14.4 Å². The minimum atomic E-state index is -4.88. The van der Waals surface area contributed by atoms with E-state index in [9.17, 15) is 27.4 Å². The van der Waals surface area contributed by atoms with Gasteiger partial charge in [0.05, 0.1) is 0 Å². The zero-order chi connectivity index (χ0) is 38.6. The van der Waals surface area contributed by atoms with Crippen LogP contribution in [0.25, 0.3) is 33.4 Å². The molecule has 4 rings (SSSR count). The molecular formula is C39H42O12S. The van der Waals surface area contributed by atoms with E-state index in [0.717, 1.165) is 0 Å². The summed E-state index contributed by atoms with van der Waals surface area (Å²) in [6.45, 7) is 15.3. The van der Waals surface area contributed by atoms with Gasteiger partial charge in [0.15, 0.2) is 0 Å². The molecule has 0 amide bonds. The zero-order valence-electron chi connectivity index (χ0n) is 30.4. The molecule has 52 heavy (non-hydrogen) atoms. The summed E-state index contributed by atoms with van der Waals surface area (Å²) < 4.78 is 68.4. The number of rotatable bonds is 7. The Morgan fingerprint density at radius 2 is 0.731 bits per heavy atom. The largest absolute Gasteiger partial charge is 0.514 e. The second-order valence-corrected chi connectivity index (χ2v) is 16.0. The van der Waals surface area contributed by atoms with E-state index in [2.05, 4.69) is 0 Å². The third kappa shape index (κ3) is 11.6. The van der Waals surface area contributed by atoms with E-state index < -0.39 is 50.3 Å². The molecule has 0 heterocycles. The number of ether oxygens (including phenoxy) is 6. The number of benzene rings is 4. The molecule has 0 saturated carbocycles. The molecule has 0 bridgehead atoms. The van der Waals surface area contributed by atoms with Crippen LogP contribution in [0.3, 0.4) is 0 Å². The van der Waals surface area contributed by atoms with Crippen LogP contribution in [0.4, 0.5) is 14.4 Å². The fourth-order valence-corrected chi connectivity index (χ4v) is 5.63. The van der Waals surface area contributed by atoms with E-state index in [1.165, 1.54) is 48.5 Å². The minimum Gasteiger partial charge on any atom is -0.428 e. The van der Waals surface area contributed by atoms with Crippen molar-refractivity contribution in [1.29, 1.82) is 0 Å². The first-order valence-corrected chi connectivity index (χ1v) is 17.6. The van der Waals surface area contributed by atoms with E-state index in [-0.39, 0.29) is 28.4 Å². The van der Waals surface area contributed by atoms with Gasteiger partial charge >= 0.3 is 18.5 Å². The Labute approximate surface area is 303 Å². The van der Waals surface area contributed by atoms with Crippen LogP contribution in [0.1, 0.15) is 62.3 Å². The van der Waals surface area contributed by atoms with Gasteiger partial charge in [-0.15, -0.1) is 0 Å². The maximum atomic E-state index is 13.1. The lowest BCUT2D eigenvalue weighted by molar-refractivity contribution is 0.0193. The van der Waals surface area contributed by atoms with Crippen LogP contribution in [0.2, 0.25) is 0 Å². The fourth-order valence-electron chi connectivity index (χ4n) is 4.72. The molecule has 0 saturated heterocycles. The van der Waals surface area contributed by atoms with Crippen LogP contribution in [-0.2, 0) is 24.3 Å². The topological polar surface area (TPSA) is 161 Å². The van der Waals surface area contributed by atoms with Crippen molar-refractivity contribution >= 4 is 28.6 Å². The fraction of sp³-hybridized carbons (Fsp3) is 0.308. The summed E-state index contributed by atoms with van der Waals surface area (Å²) in [4.78, 5) is 36.3. The number of hydrogen-bond acceptors (Lipinski definition) is 11. The van der Waals surface area contributed by atoms with Crippen molar-refractivity contribution in [2.75, 3.05) is 0 Å². The van der Waals surface area contributed by atoms with E-state index in [1.807, 2.05) is 0 Å². The first-order valence-electron chi connectivity index (χ1n) is 16.2. The molecule has 276 valence electrons. The Kier molecular flexibility index (Phi) is 11.4. The molecule has 0 aliphatic heterocycles. The van der Waals surface area contributed by atoms with Gasteiger partial charge < -0.3 is 28.4 Å². The van der Waals surface area contributed by atoms with Crippen molar-refractivity contribution in [1.82, 2.24) is 0 Å². The van der Waals surface area contributed by atoms with Crippen LogP contribution >= 0.6 is 0 Å². The average Bonchev–Trinajstić information content (AvgIpc) is 2.98. The Morgan fingerprint density at radius 1 is 0.462 bits per heavy atom. The smallest absolute Gasteiger partial charge is 0.428 e. The highest BCUT2D eigenvalue weighted by Gasteiger charge is 2.26. The molecule has 0 unspecified atom stereocenters. The zero-order valence-corrected chi connectivity index (χ0v) is 31.2. The predicted octanol–water partition coefficient (Wildman–Crippen LogP) is 9.88. The molecule has 0 aromatic heterocycles. The summed E-state index contributed by atoms with van der Waals surface area (Å²) in [6.07, 6.45) is -2.71. The average molecular weight is 735 g/mol. The van der Waals surface area contributed by atoms with Gasteiger partial charge in [-0.2, -0.15) is 8.42 Å². The summed E-state index contributed by atoms with van der Waals surface area (Å²) in [6, 6.07) is 21.6. The van der Waals surface area contributed by atoms with Crippen LogP contribution in [0, 0.1) is 0 Å². The molecule has 0 aliphatic carbocycles. The van der Waals surface area contributed by atoms with Gasteiger partial charge in [-0.3, -0.25) is 4.55 Å². The number of carbonyl (C=O) groups excluding carboxylic acids is 3. The van der Waals surface area contributed by atoms with Crippen LogP contribution in [-0.4, -0.2) is 48.2 Å². The highest BCUT2D eigenvalue weighted by molar-refractivity contribution is 7.86. The molecule has 4 aromatic carbocycles. The molecule has 0 atom stereocenters. The predicted molar refractivity (Wildman–Crippen MR) is 193 cm³/mol. The summed E-state index contributed by atoms with van der Waals surface area (Å²) in [5.74, 6) is 0.502. The van der Waals surface area contributed by atoms with E-state index >= 15 is 0 Å². The highest BCUT2D eigenvalue weighted by atomic mass is 32.2. The summed E-state index contributed by atoms with van der Waals surface area (Å²) in [7, 11) is -4.88. The normalized spacial score (nSPS) is 12.0. The lowest BCUT2D eigenvalue weighted by Crippen LogP contribution is -2.25. The minimum absolute atomic E-state index is 0.127. The second-order valence-electron chi connectivity index (χ2n) is 14.6. The van der Waals surface area contributed by atoms with Gasteiger partial charge in [0.25, 0.3) is 10.1 Å². The van der Waals surface area contributed by atoms with E-state index in [1.54, 1.807) is 98.7 Å². The van der Waals surface area contributed by atoms with Crippen molar-refractivity contribution in [2.45, 2.75) is 84.0 Å². The molecule has 0 spiro atoms. The van der Waals surface area contributed by atoms with Crippen molar-refractivity contribution in [3.8, 4) is 50.6 Å². The van der Waals surface area contributed by atoms with Crippen molar-refractivity contribution < 1.29 is 55.8 Å². The van der Waals surface area contributed by atoms with Gasteiger partial charge in [-0.1, -0.05) is 36.4 Å². The third-order valence-electron chi connectivity index (χ3n) is 6.64. The van der Waals surface area contributed by atoms with Crippen LogP contribution in [0.15, 0.2) is 89.8 Å². The van der Waals surface area contributed by atoms with Gasteiger partial charge in [0.1, 0.15) is 38.9 Å². The summed E-state index contributed by atoms with van der Waals surface area (Å²) >= 11 is 0. The van der Waals surface area contributed by atoms with Crippen molar-refractivity contribution in [3.63, 3.8) is 0 Å². The molecule has 1 N–H and O–H groups in total. The second kappa shape index (κ2) is 15.1. The van der Waals surface area contributed by atoms with E-state index in [4.69, 9.17) is 28.4 Å². The standard InChI is InChI=1S/C39H42O12S/c1-37(2,3)49-34(40)46-28-16-10-24(11-17-28)27-22-31(25-12-18-29(19-13-25)47-35(41)50-38(4,5)6)33(52(43,44)45)32(23-27)26-14-20-30(21-15-26)48-36(42)51-39(7,8)9/h10-23H,1-9H3,(H,43,44,45). The lowest BCUT2D eigenvalue weighted by Gasteiger charge is -2.19. The van der Waals surface area contributed by atoms with Gasteiger partial charge in [0.2, 0.25) is 0 Å². The van der Waals surface area contributed by atoms with Crippen LogP contribution in [0.5, 0.6) is 17.2 Å². The Balaban J connectivity index is 1.81. The molecule has 0 radical (unpaired) electrons. The molecule has 0 fully saturated rings. The number of carbonyl (C=O) groups is 3. The van der Waals surface area contributed by atoms with Crippen molar-refractivity contribution in [3.05, 3.63) is 84.9 Å². The SMILES string of the molecule is CC(C)(C)OC(=O)Oc1ccc(-c2cc(-c3ccc(OC(=O)OC(C)(C)C)cc3)c(S(=O)(=O)O)c(-c3ccc(OC(=O)OC(C)(C)C)cc3)c2)cc1. The summed E-state index contributed by atoms with van der Waals surface area (Å²) in [5, 5.41) is 0. The molecule has 0 aliphatic rings. The molecule has 13 heteroatoms. The molecule has 12 nitrogen and oxygen atoms in total. The highest BCUT2D eigenvalue weighted by Crippen LogP contribution is 2.41. The Bertz CT molecular complexity index is 1930.